The number of nitrogens with zero attached hydrogens (tertiary/aromatic N) is 1. The number of fused-ring (bicyclic) bond motifs is 1. The molecule has 3 aromatic rings. The summed E-state index contributed by atoms with van der Waals surface area (Å²) in [5, 5.41) is 45.4. The van der Waals surface area contributed by atoms with Gasteiger partial charge in [-0.2, -0.15) is 0 Å². The van der Waals surface area contributed by atoms with E-state index >= 15 is 0 Å². The predicted molar refractivity (Wildman–Crippen MR) is 158 cm³/mol. The lowest BCUT2D eigenvalue weighted by molar-refractivity contribution is -0.445. The highest BCUT2D eigenvalue weighted by atomic mass is 17.0. The number of aliphatic hydroxyl groups excluding tert-OH is 2. The van der Waals surface area contributed by atoms with Crippen molar-refractivity contribution in [1.29, 1.82) is 0 Å². The minimum Gasteiger partial charge on any atom is -0.507 e. The molecule has 1 fully saturated rings. The maximum atomic E-state index is 13.3. The Morgan fingerprint density at radius 1 is 1.09 bits per heavy atom. The Morgan fingerprint density at radius 2 is 1.76 bits per heavy atom. The zero-order valence-electron chi connectivity index (χ0n) is 25.2. The molecule has 14 nitrogen and oxygen atoms in total. The number of nitrogens with one attached hydrogen (secondary N) is 1. The monoisotopic (exact) mass is 630 g/mol. The molecule has 0 bridgehead atoms. The largest absolute Gasteiger partial charge is 0.507 e. The fourth-order valence-electron chi connectivity index (χ4n) is 5.42. The van der Waals surface area contributed by atoms with E-state index in [9.17, 15) is 34.8 Å². The number of hydroxylamine groups is 2. The van der Waals surface area contributed by atoms with Gasteiger partial charge >= 0.3 is 11.6 Å². The Kier molecular flexibility index (Phi) is 11.3. The SMILES string of the molecule is CON(OC1O[C@H](CO)[C@@H](O)[C@H](OC(C)C(=O)O)[C@H]1NC(C)=O)C(C)CC(c1ccccc1)c1c(O)c2ccccc2oc1=O. The van der Waals surface area contributed by atoms with Crippen LogP contribution in [-0.2, 0) is 28.7 Å². The van der Waals surface area contributed by atoms with Crippen LogP contribution in [0.3, 0.4) is 0 Å². The number of para-hydroxylation sites is 1. The van der Waals surface area contributed by atoms with E-state index in [2.05, 4.69) is 5.32 Å². The van der Waals surface area contributed by atoms with Gasteiger partial charge in [0.05, 0.1) is 30.7 Å². The van der Waals surface area contributed by atoms with Crippen LogP contribution in [0.15, 0.2) is 63.8 Å². The number of ether oxygens (including phenoxy) is 2. The molecule has 0 spiro atoms. The second-order valence-electron chi connectivity index (χ2n) is 10.8. The number of aliphatic hydroxyl groups is 2. The first-order valence-electron chi connectivity index (χ1n) is 14.4. The number of amides is 1. The first-order valence-corrected chi connectivity index (χ1v) is 14.4. The second-order valence-corrected chi connectivity index (χ2v) is 10.8. The van der Waals surface area contributed by atoms with Crippen LogP contribution in [0.2, 0.25) is 0 Å². The van der Waals surface area contributed by atoms with Crippen LogP contribution in [0.25, 0.3) is 11.0 Å². The van der Waals surface area contributed by atoms with Gasteiger partial charge in [0.1, 0.15) is 35.7 Å². The lowest BCUT2D eigenvalue weighted by Gasteiger charge is -2.45. The molecule has 0 radical (unpaired) electrons. The third kappa shape index (κ3) is 7.68. The van der Waals surface area contributed by atoms with Crippen molar-refractivity contribution >= 4 is 22.8 Å². The Labute approximate surface area is 258 Å². The molecule has 2 heterocycles. The standard InChI is InChI=1S/C31H38N2O12/c1-16(14-21(19-10-6-5-7-11-19)24-26(36)20-12-8-9-13-22(20)43-30(24)40)33(41-4)45-31-25(32-18(3)35)28(42-17(2)29(38)39)27(37)23(15-34)44-31/h5-13,16-17,21,23,25,27-28,31,34,36-37H,14-15H2,1-4H3,(H,32,35)(H,38,39)/t16?,17?,21?,23-,25-,27-,28-,31?/m1/s1. The first kappa shape index (κ1) is 34.0. The number of aliphatic carboxylic acids is 1. The van der Waals surface area contributed by atoms with Crippen molar-refractivity contribution in [2.45, 2.75) is 75.9 Å². The van der Waals surface area contributed by atoms with Gasteiger partial charge in [0, 0.05) is 12.8 Å². The number of rotatable bonds is 13. The number of hydrogen-bond donors (Lipinski definition) is 5. The molecule has 2 aromatic carbocycles. The third-order valence-electron chi connectivity index (χ3n) is 7.63. The third-order valence-corrected chi connectivity index (χ3v) is 7.63. The minimum atomic E-state index is -1.53. The van der Waals surface area contributed by atoms with Crippen molar-refractivity contribution in [2.24, 2.45) is 0 Å². The zero-order valence-corrected chi connectivity index (χ0v) is 25.2. The summed E-state index contributed by atoms with van der Waals surface area (Å²) in [4.78, 5) is 48.5. The lowest BCUT2D eigenvalue weighted by Crippen LogP contribution is -2.67. The topological polar surface area (TPSA) is 197 Å². The van der Waals surface area contributed by atoms with Crippen molar-refractivity contribution in [3.8, 4) is 5.75 Å². The highest BCUT2D eigenvalue weighted by Crippen LogP contribution is 2.38. The Balaban J connectivity index is 1.67. The number of benzene rings is 2. The molecule has 45 heavy (non-hydrogen) atoms. The van der Waals surface area contributed by atoms with E-state index < -0.39 is 72.8 Å². The molecule has 8 atom stereocenters. The number of carboxylic acid groups (broad SMARTS) is 1. The summed E-state index contributed by atoms with van der Waals surface area (Å²) >= 11 is 0. The fourth-order valence-corrected chi connectivity index (χ4v) is 5.42. The molecule has 5 N–H and O–H groups in total. The van der Waals surface area contributed by atoms with Crippen LogP contribution in [0.4, 0.5) is 0 Å². The van der Waals surface area contributed by atoms with Gasteiger partial charge in [-0.1, -0.05) is 47.7 Å². The minimum absolute atomic E-state index is 0.0347. The number of carbonyl (C=O) groups excluding carboxylic acids is 1. The maximum Gasteiger partial charge on any atom is 0.343 e. The molecule has 1 aliphatic rings. The highest BCUT2D eigenvalue weighted by Gasteiger charge is 2.49. The predicted octanol–water partition coefficient (Wildman–Crippen LogP) is 1.65. The Morgan fingerprint density at radius 3 is 2.38 bits per heavy atom. The lowest BCUT2D eigenvalue weighted by atomic mass is 9.86. The second kappa shape index (κ2) is 14.9. The van der Waals surface area contributed by atoms with Gasteiger partial charge in [0.15, 0.2) is 6.10 Å². The van der Waals surface area contributed by atoms with E-state index in [1.54, 1.807) is 55.5 Å². The molecule has 1 aromatic heterocycles. The molecule has 1 aliphatic heterocycles. The summed E-state index contributed by atoms with van der Waals surface area (Å²) in [5.41, 5.74) is 0.250. The van der Waals surface area contributed by atoms with Crippen LogP contribution in [0.5, 0.6) is 5.75 Å². The van der Waals surface area contributed by atoms with E-state index in [4.69, 9.17) is 23.6 Å². The van der Waals surface area contributed by atoms with Crippen molar-refractivity contribution in [2.75, 3.05) is 13.7 Å². The fraction of sp³-hybridized carbons (Fsp3) is 0.452. The van der Waals surface area contributed by atoms with Gasteiger partial charge in [0.2, 0.25) is 12.2 Å². The quantitative estimate of drug-likeness (QED) is 0.135. The summed E-state index contributed by atoms with van der Waals surface area (Å²) in [6, 6.07) is 13.7. The summed E-state index contributed by atoms with van der Waals surface area (Å²) in [5.74, 6) is -2.79. The molecule has 0 saturated carbocycles. The molecular weight excluding hydrogens is 592 g/mol. The van der Waals surface area contributed by atoms with Crippen LogP contribution >= 0.6 is 0 Å². The van der Waals surface area contributed by atoms with Gasteiger partial charge in [-0.25, -0.2) is 14.4 Å². The first-order chi connectivity index (χ1) is 21.5. The molecule has 0 aliphatic carbocycles. The maximum absolute atomic E-state index is 13.3. The van der Waals surface area contributed by atoms with Crippen molar-refractivity contribution in [3.05, 3.63) is 76.1 Å². The number of aromatic hydroxyl groups is 1. The van der Waals surface area contributed by atoms with Gasteiger partial charge < -0.3 is 39.6 Å². The van der Waals surface area contributed by atoms with Crippen molar-refractivity contribution < 1.29 is 53.6 Å². The van der Waals surface area contributed by atoms with Gasteiger partial charge in [-0.15, -0.1) is 0 Å². The van der Waals surface area contributed by atoms with E-state index in [0.717, 1.165) is 5.23 Å². The van der Waals surface area contributed by atoms with Gasteiger partial charge in [0.25, 0.3) is 0 Å². The molecule has 244 valence electrons. The van der Waals surface area contributed by atoms with E-state index in [-0.39, 0.29) is 23.3 Å². The van der Waals surface area contributed by atoms with Gasteiger partial charge in [-0.3, -0.25) is 9.63 Å². The number of hydrogen-bond acceptors (Lipinski definition) is 12. The van der Waals surface area contributed by atoms with E-state index in [1.807, 2.05) is 6.07 Å². The molecule has 14 heteroatoms. The Bertz CT molecular complexity index is 1520. The van der Waals surface area contributed by atoms with Crippen LogP contribution in [-0.4, -0.2) is 94.0 Å². The van der Waals surface area contributed by atoms with Crippen LogP contribution < -0.4 is 10.9 Å². The zero-order chi connectivity index (χ0) is 32.8. The molecule has 4 unspecified atom stereocenters. The summed E-state index contributed by atoms with van der Waals surface area (Å²) < 4.78 is 16.9. The highest BCUT2D eigenvalue weighted by molar-refractivity contribution is 5.84. The normalized spacial score (nSPS) is 23.8. The van der Waals surface area contributed by atoms with Crippen molar-refractivity contribution in [3.63, 3.8) is 0 Å². The average molecular weight is 631 g/mol. The van der Waals surface area contributed by atoms with Gasteiger partial charge in [-0.05, 0) is 38.0 Å². The molecule has 4 rings (SSSR count). The molecule has 1 amide bonds. The summed E-state index contributed by atoms with van der Waals surface area (Å²) in [6.07, 6.45) is -6.84. The molecule has 1 saturated heterocycles. The van der Waals surface area contributed by atoms with E-state index in [1.165, 1.54) is 21.0 Å². The van der Waals surface area contributed by atoms with Crippen molar-refractivity contribution in [1.82, 2.24) is 10.5 Å². The smallest absolute Gasteiger partial charge is 0.343 e. The number of carboxylic acids is 1. The van der Waals surface area contributed by atoms with E-state index in [0.29, 0.717) is 10.9 Å². The summed E-state index contributed by atoms with van der Waals surface area (Å²) in [6.45, 7) is 3.51. The Hall–Kier alpha value is -3.89. The van der Waals surface area contributed by atoms with Crippen LogP contribution in [0.1, 0.15) is 44.2 Å². The molecular formula is C31H38N2O12. The average Bonchev–Trinajstić information content (AvgIpc) is 3.01. The van der Waals surface area contributed by atoms with Crippen LogP contribution in [0, 0.1) is 0 Å². The number of carbonyl (C=O) groups is 2. The summed E-state index contributed by atoms with van der Waals surface area (Å²) in [7, 11) is 1.31.